The Morgan fingerprint density at radius 1 is 1.00 bits per heavy atom. The van der Waals surface area contributed by atoms with Crippen LogP contribution in [-0.4, -0.2) is 56.3 Å². The molecular formula is C21H37O7P. The van der Waals surface area contributed by atoms with Gasteiger partial charge in [0, 0.05) is 18.9 Å². The highest BCUT2D eigenvalue weighted by Gasteiger charge is 2.45. The van der Waals surface area contributed by atoms with Crippen LogP contribution in [0.15, 0.2) is 0 Å². The van der Waals surface area contributed by atoms with Crippen LogP contribution in [0.4, 0.5) is 0 Å². The molecular weight excluding hydrogens is 395 g/mol. The quantitative estimate of drug-likeness (QED) is 0.399. The first kappa shape index (κ1) is 23.4. The SMILES string of the molecule is CCC1OC(C)C(C)C1OP(OC)OCC1OC(C)C(C)C1OC(=O)C1CCC1. The molecule has 2 aliphatic heterocycles. The van der Waals surface area contributed by atoms with Crippen LogP contribution in [0.2, 0.25) is 0 Å². The molecule has 8 heteroatoms. The fourth-order valence-corrected chi connectivity index (χ4v) is 5.26. The van der Waals surface area contributed by atoms with Gasteiger partial charge in [0.1, 0.15) is 12.2 Å². The minimum atomic E-state index is -1.54. The lowest BCUT2D eigenvalue weighted by molar-refractivity contribution is -0.162. The van der Waals surface area contributed by atoms with Gasteiger partial charge in [0.05, 0.1) is 36.9 Å². The normalized spacial score (nSPS) is 41.3. The third kappa shape index (κ3) is 5.31. The van der Waals surface area contributed by atoms with E-state index >= 15 is 0 Å². The monoisotopic (exact) mass is 432 g/mol. The molecule has 2 saturated heterocycles. The predicted molar refractivity (Wildman–Crippen MR) is 109 cm³/mol. The molecule has 0 N–H and O–H groups in total. The molecule has 2 heterocycles. The molecule has 3 rings (SSSR count). The third-order valence-electron chi connectivity index (χ3n) is 6.82. The molecule has 1 saturated carbocycles. The molecule has 0 aromatic rings. The van der Waals surface area contributed by atoms with Crippen molar-refractivity contribution in [3.8, 4) is 0 Å². The van der Waals surface area contributed by atoms with Crippen molar-refractivity contribution in [3.63, 3.8) is 0 Å². The average molecular weight is 432 g/mol. The molecule has 3 fully saturated rings. The van der Waals surface area contributed by atoms with E-state index in [4.69, 9.17) is 27.8 Å². The van der Waals surface area contributed by atoms with Crippen LogP contribution in [0, 0.1) is 17.8 Å². The van der Waals surface area contributed by atoms with Gasteiger partial charge in [-0.2, -0.15) is 0 Å². The van der Waals surface area contributed by atoms with E-state index in [2.05, 4.69) is 27.7 Å². The molecule has 0 amide bonds. The molecule has 0 radical (unpaired) electrons. The van der Waals surface area contributed by atoms with Gasteiger partial charge in [-0.3, -0.25) is 4.79 Å². The van der Waals surface area contributed by atoms with E-state index in [0.717, 1.165) is 25.7 Å². The zero-order chi connectivity index (χ0) is 21.1. The van der Waals surface area contributed by atoms with Gasteiger partial charge in [-0.25, -0.2) is 0 Å². The van der Waals surface area contributed by atoms with E-state index in [1.807, 2.05) is 6.92 Å². The number of ether oxygens (including phenoxy) is 3. The standard InChI is InChI=1S/C21H37O7P/c1-7-17-20(13(3)15(5)25-17)28-29(23-6)24-11-18-19(12(2)14(4)26-18)27-21(22)16-9-8-10-16/h12-20H,7-11H2,1-6H3. The Labute approximate surface area is 176 Å². The first-order valence-corrected chi connectivity index (χ1v) is 12.1. The van der Waals surface area contributed by atoms with E-state index < -0.39 is 8.60 Å². The minimum Gasteiger partial charge on any atom is -0.459 e. The van der Waals surface area contributed by atoms with Crippen molar-refractivity contribution in [2.24, 2.45) is 17.8 Å². The lowest BCUT2D eigenvalue weighted by Crippen LogP contribution is -2.37. The topological polar surface area (TPSA) is 72.5 Å². The zero-order valence-electron chi connectivity index (χ0n) is 18.5. The van der Waals surface area contributed by atoms with Gasteiger partial charge < -0.3 is 27.8 Å². The summed E-state index contributed by atoms with van der Waals surface area (Å²) in [5.41, 5.74) is 0. The maximum atomic E-state index is 12.4. The molecule has 0 aromatic heterocycles. The van der Waals surface area contributed by atoms with E-state index in [0.29, 0.717) is 0 Å². The Balaban J connectivity index is 1.54. The molecule has 0 spiro atoms. The summed E-state index contributed by atoms with van der Waals surface area (Å²) in [6, 6.07) is 0. The van der Waals surface area contributed by atoms with Crippen molar-refractivity contribution in [1.82, 2.24) is 0 Å². The Hall–Kier alpha value is -0.300. The Morgan fingerprint density at radius 2 is 1.62 bits per heavy atom. The first-order valence-electron chi connectivity index (χ1n) is 11.0. The van der Waals surface area contributed by atoms with Crippen LogP contribution in [-0.2, 0) is 32.6 Å². The maximum absolute atomic E-state index is 12.4. The molecule has 168 valence electrons. The highest BCUT2D eigenvalue weighted by Crippen LogP contribution is 2.46. The van der Waals surface area contributed by atoms with Crippen LogP contribution in [0.3, 0.4) is 0 Å². The van der Waals surface area contributed by atoms with Gasteiger partial charge in [-0.15, -0.1) is 0 Å². The van der Waals surface area contributed by atoms with Crippen LogP contribution >= 0.6 is 8.60 Å². The zero-order valence-corrected chi connectivity index (χ0v) is 19.4. The van der Waals surface area contributed by atoms with Crippen LogP contribution in [0.25, 0.3) is 0 Å². The Morgan fingerprint density at radius 3 is 2.17 bits per heavy atom. The fraction of sp³-hybridized carbons (Fsp3) is 0.952. The van der Waals surface area contributed by atoms with Gasteiger partial charge in [-0.1, -0.05) is 27.2 Å². The summed E-state index contributed by atoms with van der Waals surface area (Å²) in [5.74, 6) is 0.340. The van der Waals surface area contributed by atoms with Crippen molar-refractivity contribution >= 4 is 14.6 Å². The molecule has 7 nitrogen and oxygen atoms in total. The summed E-state index contributed by atoms with van der Waals surface area (Å²) in [6.45, 7) is 10.6. The molecule has 9 unspecified atom stereocenters. The minimum absolute atomic E-state index is 0.00561. The number of esters is 1. The van der Waals surface area contributed by atoms with Crippen molar-refractivity contribution in [1.29, 1.82) is 0 Å². The summed E-state index contributed by atoms with van der Waals surface area (Å²) in [6.07, 6.45) is 3.37. The number of carbonyl (C=O) groups excluding carboxylic acids is 1. The average Bonchev–Trinajstić information content (AvgIpc) is 3.07. The Kier molecular flexibility index (Phi) is 8.33. The second-order valence-electron chi connectivity index (χ2n) is 8.69. The van der Waals surface area contributed by atoms with Crippen LogP contribution in [0.1, 0.15) is 60.3 Å². The molecule has 0 bridgehead atoms. The molecule has 29 heavy (non-hydrogen) atoms. The molecule has 9 atom stereocenters. The third-order valence-corrected chi connectivity index (χ3v) is 7.90. The van der Waals surface area contributed by atoms with E-state index in [1.54, 1.807) is 7.11 Å². The molecule has 3 aliphatic rings. The van der Waals surface area contributed by atoms with Gasteiger partial charge in [-0.05, 0) is 33.1 Å². The smallest absolute Gasteiger partial charge is 0.332 e. The number of rotatable bonds is 9. The van der Waals surface area contributed by atoms with E-state index in [-0.39, 0.29) is 67.0 Å². The Bertz CT molecular complexity index is 543. The van der Waals surface area contributed by atoms with Gasteiger partial charge in [0.2, 0.25) is 0 Å². The number of hydrogen-bond donors (Lipinski definition) is 0. The van der Waals surface area contributed by atoms with Crippen LogP contribution < -0.4 is 0 Å². The van der Waals surface area contributed by atoms with Crippen molar-refractivity contribution < 1.29 is 32.6 Å². The second-order valence-corrected chi connectivity index (χ2v) is 9.97. The van der Waals surface area contributed by atoms with Crippen molar-refractivity contribution in [3.05, 3.63) is 0 Å². The lowest BCUT2D eigenvalue weighted by atomic mass is 9.85. The van der Waals surface area contributed by atoms with Crippen LogP contribution in [0.5, 0.6) is 0 Å². The second kappa shape index (κ2) is 10.3. The predicted octanol–water partition coefficient (Wildman–Crippen LogP) is 4.23. The van der Waals surface area contributed by atoms with Crippen molar-refractivity contribution in [2.45, 2.75) is 96.9 Å². The number of carbonyl (C=O) groups is 1. The summed E-state index contributed by atoms with van der Waals surface area (Å²) < 4.78 is 35.5. The lowest BCUT2D eigenvalue weighted by Gasteiger charge is -2.29. The summed E-state index contributed by atoms with van der Waals surface area (Å²) >= 11 is 0. The van der Waals surface area contributed by atoms with Gasteiger partial charge >= 0.3 is 14.6 Å². The summed E-state index contributed by atoms with van der Waals surface area (Å²) in [7, 11) is 0.0523. The van der Waals surface area contributed by atoms with Gasteiger partial charge in [0.25, 0.3) is 0 Å². The molecule has 0 aromatic carbocycles. The van der Waals surface area contributed by atoms with Gasteiger partial charge in [0.15, 0.2) is 0 Å². The molecule has 1 aliphatic carbocycles. The largest absolute Gasteiger partial charge is 0.459 e. The summed E-state index contributed by atoms with van der Waals surface area (Å²) in [4.78, 5) is 12.4. The first-order chi connectivity index (χ1) is 13.8. The fourth-order valence-electron chi connectivity index (χ4n) is 4.21. The van der Waals surface area contributed by atoms with E-state index in [9.17, 15) is 4.79 Å². The van der Waals surface area contributed by atoms with Crippen molar-refractivity contribution in [2.75, 3.05) is 13.7 Å². The number of hydrogen-bond acceptors (Lipinski definition) is 7. The highest BCUT2D eigenvalue weighted by molar-refractivity contribution is 7.41. The highest BCUT2D eigenvalue weighted by atomic mass is 31.2. The summed E-state index contributed by atoms with van der Waals surface area (Å²) in [5, 5.41) is 0. The maximum Gasteiger partial charge on any atom is 0.332 e. The van der Waals surface area contributed by atoms with E-state index in [1.165, 1.54) is 0 Å².